The topological polar surface area (TPSA) is 52.3 Å². The molecule has 2 rings (SSSR count). The largest absolute Gasteiger partial charge is 0.496 e. The second kappa shape index (κ2) is 7.38. The Morgan fingerprint density at radius 2 is 1.76 bits per heavy atom. The zero-order chi connectivity index (χ0) is 15.2. The van der Waals surface area contributed by atoms with Gasteiger partial charge in [0.15, 0.2) is 0 Å². The maximum absolute atomic E-state index is 12.3. The van der Waals surface area contributed by atoms with Crippen LogP contribution in [-0.4, -0.2) is 12.9 Å². The summed E-state index contributed by atoms with van der Waals surface area (Å²) in [5, 5.41) is 0. The van der Waals surface area contributed by atoms with Gasteiger partial charge in [0.25, 0.3) is 0 Å². The molecule has 0 aliphatic rings. The van der Waals surface area contributed by atoms with Gasteiger partial charge in [-0.1, -0.05) is 40.2 Å². The summed E-state index contributed by atoms with van der Waals surface area (Å²) >= 11 is 3.42. The van der Waals surface area contributed by atoms with Gasteiger partial charge in [0.05, 0.1) is 7.11 Å². The van der Waals surface area contributed by atoms with Crippen LogP contribution in [-0.2, 0) is 24.2 Å². The lowest BCUT2D eigenvalue weighted by molar-refractivity contribution is -0.117. The summed E-state index contributed by atoms with van der Waals surface area (Å²) in [6, 6.07) is 13.5. The molecule has 0 saturated carbocycles. The number of carbonyl (C=O) groups excluding carboxylic acids is 1. The van der Waals surface area contributed by atoms with E-state index < -0.39 is 0 Å². The van der Waals surface area contributed by atoms with E-state index in [0.717, 1.165) is 26.9 Å². The van der Waals surface area contributed by atoms with E-state index in [9.17, 15) is 4.79 Å². The first kappa shape index (κ1) is 15.7. The summed E-state index contributed by atoms with van der Waals surface area (Å²) in [7, 11) is 1.61. The molecule has 0 aliphatic carbocycles. The van der Waals surface area contributed by atoms with Crippen molar-refractivity contribution >= 4 is 21.7 Å². The van der Waals surface area contributed by atoms with Gasteiger partial charge in [-0.25, -0.2) is 0 Å². The summed E-state index contributed by atoms with van der Waals surface area (Å²) in [5.41, 5.74) is 8.62. The summed E-state index contributed by atoms with van der Waals surface area (Å²) in [6.07, 6.45) is 0.741. The van der Waals surface area contributed by atoms with Crippen molar-refractivity contribution in [2.75, 3.05) is 7.11 Å². The fourth-order valence-electron chi connectivity index (χ4n) is 2.30. The van der Waals surface area contributed by atoms with Crippen LogP contribution in [0.3, 0.4) is 0 Å². The Morgan fingerprint density at radius 3 is 2.43 bits per heavy atom. The maximum Gasteiger partial charge on any atom is 0.141 e. The molecule has 4 heteroatoms. The van der Waals surface area contributed by atoms with E-state index in [1.54, 1.807) is 7.11 Å². The van der Waals surface area contributed by atoms with Crippen LogP contribution in [0.25, 0.3) is 0 Å². The van der Waals surface area contributed by atoms with Crippen molar-refractivity contribution in [1.29, 1.82) is 0 Å². The molecule has 0 spiro atoms. The number of halogens is 1. The highest BCUT2D eigenvalue weighted by Crippen LogP contribution is 2.24. The number of nitrogens with two attached hydrogens (primary N) is 1. The van der Waals surface area contributed by atoms with Crippen LogP contribution in [0.1, 0.15) is 16.7 Å². The van der Waals surface area contributed by atoms with Gasteiger partial charge >= 0.3 is 0 Å². The molecule has 0 bridgehead atoms. The minimum Gasteiger partial charge on any atom is -0.496 e. The fourth-order valence-corrected chi connectivity index (χ4v) is 2.71. The first-order valence-electron chi connectivity index (χ1n) is 6.75. The zero-order valence-corrected chi connectivity index (χ0v) is 13.5. The zero-order valence-electron chi connectivity index (χ0n) is 11.9. The van der Waals surface area contributed by atoms with E-state index in [1.165, 1.54) is 0 Å². The summed E-state index contributed by atoms with van der Waals surface area (Å²) in [5.74, 6) is 0.881. The van der Waals surface area contributed by atoms with Crippen molar-refractivity contribution in [1.82, 2.24) is 0 Å². The first-order chi connectivity index (χ1) is 10.1. The lowest BCUT2D eigenvalue weighted by Gasteiger charge is -2.10. The highest BCUT2D eigenvalue weighted by Gasteiger charge is 2.11. The summed E-state index contributed by atoms with van der Waals surface area (Å²) in [4.78, 5) is 12.3. The highest BCUT2D eigenvalue weighted by atomic mass is 79.9. The third-order valence-electron chi connectivity index (χ3n) is 3.36. The molecule has 0 aromatic heterocycles. The molecule has 0 heterocycles. The molecule has 2 N–H and O–H groups in total. The van der Waals surface area contributed by atoms with Crippen molar-refractivity contribution in [3.63, 3.8) is 0 Å². The third kappa shape index (κ3) is 4.16. The normalized spacial score (nSPS) is 10.4. The van der Waals surface area contributed by atoms with Crippen molar-refractivity contribution in [2.45, 2.75) is 19.4 Å². The van der Waals surface area contributed by atoms with E-state index in [-0.39, 0.29) is 5.78 Å². The lowest BCUT2D eigenvalue weighted by atomic mass is 9.98. The monoisotopic (exact) mass is 347 g/mol. The standard InChI is InChI=1S/C17H18BrNO2/c1-21-17-7-6-15(18)8-14(17)10-16(20)9-12-4-2-3-5-13(12)11-19/h2-8H,9-11,19H2,1H3. The maximum atomic E-state index is 12.3. The minimum absolute atomic E-state index is 0.146. The molecule has 0 saturated heterocycles. The number of benzene rings is 2. The number of ether oxygens (including phenoxy) is 1. The van der Waals surface area contributed by atoms with Gasteiger partial charge in [0.2, 0.25) is 0 Å². The quantitative estimate of drug-likeness (QED) is 0.872. The summed E-state index contributed by atoms with van der Waals surface area (Å²) < 4.78 is 6.24. The van der Waals surface area contributed by atoms with Crippen LogP contribution in [0.15, 0.2) is 46.9 Å². The predicted octanol–water partition coefficient (Wildman–Crippen LogP) is 3.27. The third-order valence-corrected chi connectivity index (χ3v) is 3.85. The molecule has 2 aromatic carbocycles. The average molecular weight is 348 g/mol. The molecule has 110 valence electrons. The molecule has 0 radical (unpaired) electrons. The molecule has 3 nitrogen and oxygen atoms in total. The van der Waals surface area contributed by atoms with Gasteiger partial charge in [-0.3, -0.25) is 4.79 Å². The number of hydrogen-bond donors (Lipinski definition) is 1. The smallest absolute Gasteiger partial charge is 0.141 e. The van der Waals surface area contributed by atoms with Gasteiger partial charge in [0, 0.05) is 29.4 Å². The average Bonchev–Trinajstić information content (AvgIpc) is 2.48. The fraction of sp³-hybridized carbons (Fsp3) is 0.235. The predicted molar refractivity (Wildman–Crippen MR) is 87.4 cm³/mol. The molecule has 0 amide bonds. The summed E-state index contributed by atoms with van der Waals surface area (Å²) in [6.45, 7) is 0.448. The molecular weight excluding hydrogens is 330 g/mol. The molecular formula is C17H18BrNO2. The van der Waals surface area contributed by atoms with E-state index in [0.29, 0.717) is 19.4 Å². The van der Waals surface area contributed by atoms with Crippen LogP contribution in [0, 0.1) is 0 Å². The molecule has 0 atom stereocenters. The molecule has 0 unspecified atom stereocenters. The van der Waals surface area contributed by atoms with Gasteiger partial charge in [-0.05, 0) is 29.3 Å². The Bertz CT molecular complexity index is 640. The van der Waals surface area contributed by atoms with Crippen molar-refractivity contribution < 1.29 is 9.53 Å². The van der Waals surface area contributed by atoms with Crippen molar-refractivity contribution in [2.24, 2.45) is 5.73 Å². The number of methoxy groups -OCH3 is 1. The Kier molecular flexibility index (Phi) is 5.53. The van der Waals surface area contributed by atoms with Gasteiger partial charge in [0.1, 0.15) is 11.5 Å². The van der Waals surface area contributed by atoms with Crippen molar-refractivity contribution in [3.05, 3.63) is 63.6 Å². The Balaban J connectivity index is 2.13. The van der Waals surface area contributed by atoms with E-state index in [4.69, 9.17) is 10.5 Å². The SMILES string of the molecule is COc1ccc(Br)cc1CC(=O)Cc1ccccc1CN. The van der Waals surface area contributed by atoms with Gasteiger partial charge in [-0.2, -0.15) is 0 Å². The second-order valence-corrected chi connectivity index (χ2v) is 5.74. The Labute approximate surface area is 133 Å². The van der Waals surface area contributed by atoms with Crippen LogP contribution in [0.5, 0.6) is 5.75 Å². The van der Waals surface area contributed by atoms with Crippen LogP contribution < -0.4 is 10.5 Å². The number of Topliss-reactive ketones (excluding diaryl/α,β-unsaturated/α-hetero) is 1. The van der Waals surface area contributed by atoms with Crippen LogP contribution in [0.4, 0.5) is 0 Å². The van der Waals surface area contributed by atoms with Gasteiger partial charge < -0.3 is 10.5 Å². The number of ketones is 1. The second-order valence-electron chi connectivity index (χ2n) is 4.82. The number of hydrogen-bond acceptors (Lipinski definition) is 3. The number of rotatable bonds is 6. The Hall–Kier alpha value is -1.65. The minimum atomic E-state index is 0.146. The molecule has 21 heavy (non-hydrogen) atoms. The van der Waals surface area contributed by atoms with E-state index in [2.05, 4.69) is 15.9 Å². The molecule has 0 fully saturated rings. The number of carbonyl (C=O) groups is 1. The van der Waals surface area contributed by atoms with E-state index >= 15 is 0 Å². The first-order valence-corrected chi connectivity index (χ1v) is 7.54. The molecule has 2 aromatic rings. The Morgan fingerprint density at radius 1 is 1.10 bits per heavy atom. The molecule has 0 aliphatic heterocycles. The van der Waals surface area contributed by atoms with Crippen LogP contribution >= 0.6 is 15.9 Å². The lowest BCUT2D eigenvalue weighted by Crippen LogP contribution is -2.10. The van der Waals surface area contributed by atoms with Crippen LogP contribution in [0.2, 0.25) is 0 Å². The van der Waals surface area contributed by atoms with Crippen molar-refractivity contribution in [3.8, 4) is 5.75 Å². The highest BCUT2D eigenvalue weighted by molar-refractivity contribution is 9.10. The van der Waals surface area contributed by atoms with Gasteiger partial charge in [-0.15, -0.1) is 0 Å². The van der Waals surface area contributed by atoms with E-state index in [1.807, 2.05) is 42.5 Å².